The highest BCUT2D eigenvalue weighted by Crippen LogP contribution is 2.49. The molecule has 2 aliphatic rings. The molecule has 0 unspecified atom stereocenters. The number of hydrogen-bond acceptors (Lipinski definition) is 1. The third kappa shape index (κ3) is 1.34. The van der Waals surface area contributed by atoms with E-state index in [-0.39, 0.29) is 5.41 Å². The molecule has 0 spiro atoms. The summed E-state index contributed by atoms with van der Waals surface area (Å²) < 4.78 is 0. The van der Waals surface area contributed by atoms with Crippen LogP contribution in [0.2, 0.25) is 0 Å². The van der Waals surface area contributed by atoms with Crippen LogP contribution in [0.5, 0.6) is 0 Å². The Morgan fingerprint density at radius 2 is 2.23 bits per heavy atom. The standard InChI is InChI=1S/C12H18O/c1-9-4-3-5-10-6-7-11(13)8-12(9,10)2/h5,9H,3-4,6-8H2,1-2H3/t9-,12+/m1/s1. The molecule has 0 aromatic rings. The minimum absolute atomic E-state index is 0.216. The van der Waals surface area contributed by atoms with Crippen molar-refractivity contribution in [2.24, 2.45) is 11.3 Å². The molecule has 0 aromatic carbocycles. The van der Waals surface area contributed by atoms with Crippen LogP contribution in [0.25, 0.3) is 0 Å². The van der Waals surface area contributed by atoms with Gasteiger partial charge in [0, 0.05) is 12.8 Å². The van der Waals surface area contributed by atoms with E-state index < -0.39 is 0 Å². The average molecular weight is 178 g/mol. The number of ketones is 1. The number of fused-ring (bicyclic) bond motifs is 1. The maximum Gasteiger partial charge on any atom is 0.134 e. The van der Waals surface area contributed by atoms with Crippen molar-refractivity contribution in [1.82, 2.24) is 0 Å². The number of Topliss-reactive ketones (excluding diaryl/α,β-unsaturated/α-hetero) is 1. The second kappa shape index (κ2) is 2.97. The number of allylic oxidation sites excluding steroid dienone is 2. The molecule has 1 heteroatoms. The van der Waals surface area contributed by atoms with E-state index in [1.54, 1.807) is 5.57 Å². The highest BCUT2D eigenvalue weighted by molar-refractivity contribution is 5.81. The van der Waals surface area contributed by atoms with Gasteiger partial charge >= 0.3 is 0 Å². The number of hydrogen-bond donors (Lipinski definition) is 0. The molecule has 1 saturated carbocycles. The lowest BCUT2D eigenvalue weighted by atomic mass is 9.61. The van der Waals surface area contributed by atoms with E-state index in [2.05, 4.69) is 19.9 Å². The number of rotatable bonds is 0. The molecule has 1 nitrogen and oxygen atoms in total. The van der Waals surface area contributed by atoms with Crippen LogP contribution in [0.15, 0.2) is 11.6 Å². The lowest BCUT2D eigenvalue weighted by Gasteiger charge is -2.43. The molecule has 2 rings (SSSR count). The Balaban J connectivity index is 2.32. The van der Waals surface area contributed by atoms with Gasteiger partial charge in [-0.05, 0) is 30.6 Å². The summed E-state index contributed by atoms with van der Waals surface area (Å²) in [5, 5.41) is 0. The average Bonchev–Trinajstić information content (AvgIpc) is 2.07. The molecule has 0 radical (unpaired) electrons. The van der Waals surface area contributed by atoms with Gasteiger partial charge in [-0.2, -0.15) is 0 Å². The minimum Gasteiger partial charge on any atom is -0.300 e. The Hall–Kier alpha value is -0.590. The van der Waals surface area contributed by atoms with Gasteiger partial charge < -0.3 is 0 Å². The fourth-order valence-electron chi connectivity index (χ4n) is 2.82. The normalized spacial score (nSPS) is 39.7. The van der Waals surface area contributed by atoms with Crippen molar-refractivity contribution in [3.05, 3.63) is 11.6 Å². The first-order valence-electron chi connectivity index (χ1n) is 5.34. The van der Waals surface area contributed by atoms with Crippen LogP contribution in [0.4, 0.5) is 0 Å². The van der Waals surface area contributed by atoms with Gasteiger partial charge in [0.25, 0.3) is 0 Å². The Kier molecular flexibility index (Phi) is 2.05. The van der Waals surface area contributed by atoms with Gasteiger partial charge in [0.2, 0.25) is 0 Å². The molecule has 0 N–H and O–H groups in total. The van der Waals surface area contributed by atoms with Gasteiger partial charge in [0.15, 0.2) is 0 Å². The van der Waals surface area contributed by atoms with Crippen molar-refractivity contribution in [3.8, 4) is 0 Å². The van der Waals surface area contributed by atoms with Crippen molar-refractivity contribution in [1.29, 1.82) is 0 Å². The fraction of sp³-hybridized carbons (Fsp3) is 0.750. The van der Waals surface area contributed by atoms with E-state index in [9.17, 15) is 4.79 Å². The predicted molar refractivity (Wildman–Crippen MR) is 53.4 cm³/mol. The molecule has 0 heterocycles. The number of carbonyl (C=O) groups excluding carboxylic acids is 1. The van der Waals surface area contributed by atoms with Gasteiger partial charge in [0.05, 0.1) is 0 Å². The Labute approximate surface area is 80.2 Å². The van der Waals surface area contributed by atoms with Crippen LogP contribution in [0.3, 0.4) is 0 Å². The van der Waals surface area contributed by atoms with Crippen molar-refractivity contribution in [3.63, 3.8) is 0 Å². The number of carbonyl (C=O) groups is 1. The first-order chi connectivity index (χ1) is 6.13. The van der Waals surface area contributed by atoms with Crippen molar-refractivity contribution < 1.29 is 4.79 Å². The van der Waals surface area contributed by atoms with Crippen molar-refractivity contribution in [2.75, 3.05) is 0 Å². The molecule has 0 aromatic heterocycles. The zero-order valence-electron chi connectivity index (χ0n) is 8.60. The first kappa shape index (κ1) is 8.98. The van der Waals surface area contributed by atoms with Crippen LogP contribution in [-0.4, -0.2) is 5.78 Å². The summed E-state index contributed by atoms with van der Waals surface area (Å²) in [6, 6.07) is 0. The predicted octanol–water partition coefficient (Wildman–Crippen LogP) is 3.10. The van der Waals surface area contributed by atoms with Crippen molar-refractivity contribution >= 4 is 5.78 Å². The van der Waals surface area contributed by atoms with E-state index in [1.165, 1.54) is 12.8 Å². The molecular weight excluding hydrogens is 160 g/mol. The smallest absolute Gasteiger partial charge is 0.134 e. The minimum atomic E-state index is 0.216. The van der Waals surface area contributed by atoms with Crippen LogP contribution < -0.4 is 0 Å². The lowest BCUT2D eigenvalue weighted by Crippen LogP contribution is -2.36. The summed E-state index contributed by atoms with van der Waals surface area (Å²) in [6.07, 6.45) is 7.47. The van der Waals surface area contributed by atoms with Crippen LogP contribution >= 0.6 is 0 Å². The SMILES string of the molecule is C[C@@H]1CCC=C2CCC(=O)C[C@]21C. The maximum absolute atomic E-state index is 11.4. The molecule has 0 bridgehead atoms. The van der Waals surface area contributed by atoms with Crippen LogP contribution in [-0.2, 0) is 4.79 Å². The Morgan fingerprint density at radius 1 is 1.46 bits per heavy atom. The van der Waals surface area contributed by atoms with Crippen LogP contribution in [0.1, 0.15) is 46.0 Å². The summed E-state index contributed by atoms with van der Waals surface area (Å²) in [6.45, 7) is 4.57. The zero-order chi connectivity index (χ0) is 9.47. The summed E-state index contributed by atoms with van der Waals surface area (Å²) in [5.74, 6) is 1.16. The second-order valence-corrected chi connectivity index (χ2v) is 4.84. The molecule has 2 atom stereocenters. The summed E-state index contributed by atoms with van der Waals surface area (Å²) in [4.78, 5) is 11.4. The molecule has 72 valence electrons. The van der Waals surface area contributed by atoms with E-state index in [0.717, 1.165) is 19.3 Å². The van der Waals surface area contributed by atoms with E-state index in [1.807, 2.05) is 0 Å². The topological polar surface area (TPSA) is 17.1 Å². The molecule has 0 amide bonds. The quantitative estimate of drug-likeness (QED) is 0.521. The summed E-state index contributed by atoms with van der Waals surface area (Å²) in [7, 11) is 0. The molecule has 0 saturated heterocycles. The van der Waals surface area contributed by atoms with Gasteiger partial charge in [-0.15, -0.1) is 0 Å². The first-order valence-corrected chi connectivity index (χ1v) is 5.34. The molecular formula is C12H18O. The van der Waals surface area contributed by atoms with Gasteiger partial charge in [-0.1, -0.05) is 25.5 Å². The third-order valence-electron chi connectivity index (χ3n) is 4.05. The summed E-state index contributed by atoms with van der Waals surface area (Å²) in [5.41, 5.74) is 1.78. The largest absolute Gasteiger partial charge is 0.300 e. The molecule has 1 fully saturated rings. The van der Waals surface area contributed by atoms with Crippen molar-refractivity contribution in [2.45, 2.75) is 46.0 Å². The van der Waals surface area contributed by atoms with Gasteiger partial charge in [-0.3, -0.25) is 4.79 Å². The Bertz CT molecular complexity index is 264. The van der Waals surface area contributed by atoms with Gasteiger partial charge in [0.1, 0.15) is 5.78 Å². The van der Waals surface area contributed by atoms with E-state index >= 15 is 0 Å². The van der Waals surface area contributed by atoms with E-state index in [4.69, 9.17) is 0 Å². The second-order valence-electron chi connectivity index (χ2n) is 4.84. The Morgan fingerprint density at radius 3 is 3.00 bits per heavy atom. The highest BCUT2D eigenvalue weighted by atomic mass is 16.1. The van der Waals surface area contributed by atoms with Crippen LogP contribution in [0, 0.1) is 11.3 Å². The monoisotopic (exact) mass is 178 g/mol. The fourth-order valence-corrected chi connectivity index (χ4v) is 2.82. The molecule has 0 aliphatic heterocycles. The highest BCUT2D eigenvalue weighted by Gasteiger charge is 2.40. The third-order valence-corrected chi connectivity index (χ3v) is 4.05. The molecule has 2 aliphatic carbocycles. The maximum atomic E-state index is 11.4. The van der Waals surface area contributed by atoms with E-state index in [0.29, 0.717) is 11.7 Å². The zero-order valence-corrected chi connectivity index (χ0v) is 8.60. The molecule has 13 heavy (non-hydrogen) atoms. The van der Waals surface area contributed by atoms with Gasteiger partial charge in [-0.25, -0.2) is 0 Å². The summed E-state index contributed by atoms with van der Waals surface area (Å²) >= 11 is 0. The lowest BCUT2D eigenvalue weighted by molar-refractivity contribution is -0.122.